The second kappa shape index (κ2) is 8.72. The minimum Gasteiger partial charge on any atom is -0.474 e. The minimum absolute atomic E-state index is 0.0292. The molecule has 188 valence electrons. The Balaban J connectivity index is 1.50. The van der Waals surface area contributed by atoms with Crippen LogP contribution in [-0.4, -0.2) is 35.3 Å². The molecule has 3 aliphatic rings. The number of piperidine rings is 1. The number of nitrogens with zero attached hydrogens (tertiary/aromatic N) is 3. The van der Waals surface area contributed by atoms with Crippen LogP contribution >= 0.6 is 22.9 Å². The van der Waals surface area contributed by atoms with Gasteiger partial charge in [0.2, 0.25) is 5.88 Å². The molecule has 7 nitrogen and oxygen atoms in total. The van der Waals surface area contributed by atoms with Crippen LogP contribution in [0.3, 0.4) is 0 Å². The van der Waals surface area contributed by atoms with Crippen molar-refractivity contribution >= 4 is 38.8 Å². The Bertz CT molecular complexity index is 1410. The number of hydrogen-bond donors (Lipinski definition) is 2. The first-order valence-electron chi connectivity index (χ1n) is 12.3. The molecule has 2 bridgehead atoms. The Morgan fingerprint density at radius 1 is 1.28 bits per heavy atom. The molecule has 1 aromatic carbocycles. The highest BCUT2D eigenvalue weighted by molar-refractivity contribution is 7.16. The quantitative estimate of drug-likeness (QED) is 0.477. The maximum absolute atomic E-state index is 16.5. The van der Waals surface area contributed by atoms with Gasteiger partial charge in [0.1, 0.15) is 22.7 Å². The van der Waals surface area contributed by atoms with E-state index in [1.807, 2.05) is 6.92 Å². The number of benzene rings is 1. The number of thiophene rings is 1. The van der Waals surface area contributed by atoms with Crippen LogP contribution in [-0.2, 0) is 11.8 Å². The monoisotopic (exact) mass is 527 g/mol. The first-order chi connectivity index (χ1) is 17.3. The second-order valence-electron chi connectivity index (χ2n) is 10.2. The highest BCUT2D eigenvalue weighted by Crippen LogP contribution is 2.52. The van der Waals surface area contributed by atoms with Crippen LogP contribution in [0, 0.1) is 17.1 Å². The van der Waals surface area contributed by atoms with Crippen molar-refractivity contribution < 1.29 is 13.9 Å². The number of aryl methyl sites for hydroxylation is 1. The van der Waals surface area contributed by atoms with E-state index in [1.165, 1.54) is 18.4 Å². The third-order valence-electron chi connectivity index (χ3n) is 8.02. The molecule has 4 atom stereocenters. The molecular weight excluding hydrogens is 501 g/mol. The van der Waals surface area contributed by atoms with Crippen LogP contribution in [0.15, 0.2) is 6.07 Å². The van der Waals surface area contributed by atoms with Crippen molar-refractivity contribution in [2.75, 3.05) is 12.8 Å². The molecule has 0 amide bonds. The predicted octanol–water partition coefficient (Wildman–Crippen LogP) is 5.25. The molecule has 2 fully saturated rings. The Morgan fingerprint density at radius 2 is 2.03 bits per heavy atom. The molecule has 1 aliphatic carbocycles. The summed E-state index contributed by atoms with van der Waals surface area (Å²) in [4.78, 5) is 9.82. The fourth-order valence-corrected chi connectivity index (χ4v) is 8.03. The summed E-state index contributed by atoms with van der Waals surface area (Å²) in [5, 5.41) is 14.6. The Morgan fingerprint density at radius 3 is 2.72 bits per heavy atom. The molecule has 0 spiro atoms. The number of aromatic nitrogens is 2. The van der Waals surface area contributed by atoms with Gasteiger partial charge in [-0.15, -0.1) is 11.3 Å². The number of nitrogens with one attached hydrogen (secondary N) is 1. The highest BCUT2D eigenvalue weighted by atomic mass is 35.5. The SMILES string of the molecule is COc1nc(OC2C[C@H]3CC[C@@H](C2)N3)c2cc(Cl)c(C3(C)CCCc4sc(N)c(C#N)c43)c(F)c2n1. The Labute approximate surface area is 217 Å². The summed E-state index contributed by atoms with van der Waals surface area (Å²) in [6.07, 6.45) is 6.27. The minimum atomic E-state index is -0.824. The van der Waals surface area contributed by atoms with Crippen molar-refractivity contribution in [2.45, 2.75) is 75.5 Å². The molecule has 0 saturated carbocycles. The number of nitrogens with two attached hydrogens (primary N) is 1. The van der Waals surface area contributed by atoms with Gasteiger partial charge in [0.15, 0.2) is 5.82 Å². The zero-order valence-corrected chi connectivity index (χ0v) is 21.7. The molecular formula is C26H27ClFN5O2S. The van der Waals surface area contributed by atoms with Crippen molar-refractivity contribution in [1.82, 2.24) is 15.3 Å². The summed E-state index contributed by atoms with van der Waals surface area (Å²) >= 11 is 8.25. The van der Waals surface area contributed by atoms with Gasteiger partial charge in [-0.05, 0) is 56.6 Å². The highest BCUT2D eigenvalue weighted by Gasteiger charge is 2.43. The number of hydrogen-bond acceptors (Lipinski definition) is 8. The first-order valence-corrected chi connectivity index (χ1v) is 13.5. The number of nitriles is 1. The molecule has 3 aromatic rings. The van der Waals surface area contributed by atoms with Gasteiger partial charge >= 0.3 is 6.01 Å². The topological polar surface area (TPSA) is 106 Å². The third kappa shape index (κ3) is 3.61. The van der Waals surface area contributed by atoms with Crippen LogP contribution in [0.2, 0.25) is 5.02 Å². The first kappa shape index (κ1) is 23.7. The third-order valence-corrected chi connectivity index (χ3v) is 9.40. The van der Waals surface area contributed by atoms with Crippen LogP contribution < -0.4 is 20.5 Å². The van der Waals surface area contributed by atoms with Gasteiger partial charge in [-0.25, -0.2) is 4.39 Å². The van der Waals surface area contributed by atoms with Crippen molar-refractivity contribution in [2.24, 2.45) is 0 Å². The van der Waals surface area contributed by atoms with Crippen LogP contribution in [0.1, 0.15) is 67.0 Å². The second-order valence-corrected chi connectivity index (χ2v) is 11.8. The summed E-state index contributed by atoms with van der Waals surface area (Å²) in [6, 6.07) is 4.84. The summed E-state index contributed by atoms with van der Waals surface area (Å²) < 4.78 is 28.2. The number of ether oxygens (including phenoxy) is 2. The van der Waals surface area contributed by atoms with E-state index in [4.69, 9.17) is 26.8 Å². The van der Waals surface area contributed by atoms with Gasteiger partial charge < -0.3 is 20.5 Å². The molecule has 10 heteroatoms. The Kier molecular flexibility index (Phi) is 5.74. The summed E-state index contributed by atoms with van der Waals surface area (Å²) in [5.74, 6) is -0.264. The van der Waals surface area contributed by atoms with E-state index >= 15 is 4.39 Å². The number of fused-ring (bicyclic) bond motifs is 4. The molecule has 3 N–H and O–H groups in total. The van der Waals surface area contributed by atoms with Crippen LogP contribution in [0.4, 0.5) is 9.39 Å². The smallest absolute Gasteiger partial charge is 0.320 e. The molecule has 4 heterocycles. The summed E-state index contributed by atoms with van der Waals surface area (Å²) in [5.41, 5.74) is 6.97. The lowest BCUT2D eigenvalue weighted by Crippen LogP contribution is -2.42. The molecule has 36 heavy (non-hydrogen) atoms. The van der Waals surface area contributed by atoms with E-state index in [-0.39, 0.29) is 28.5 Å². The fourth-order valence-electron chi connectivity index (χ4n) is 6.44. The number of halogens is 2. The number of anilines is 1. The molecule has 2 unspecified atom stereocenters. The van der Waals surface area contributed by atoms with E-state index in [2.05, 4.69) is 21.4 Å². The summed E-state index contributed by atoms with van der Waals surface area (Å²) in [7, 11) is 1.45. The molecule has 2 aliphatic heterocycles. The summed E-state index contributed by atoms with van der Waals surface area (Å²) in [6.45, 7) is 1.94. The van der Waals surface area contributed by atoms with Crippen molar-refractivity contribution in [3.8, 4) is 18.0 Å². The van der Waals surface area contributed by atoms with Gasteiger partial charge in [0.25, 0.3) is 0 Å². The van der Waals surface area contributed by atoms with E-state index in [0.717, 1.165) is 49.0 Å². The fraction of sp³-hybridized carbons (Fsp3) is 0.500. The lowest BCUT2D eigenvalue weighted by atomic mass is 9.68. The maximum Gasteiger partial charge on any atom is 0.320 e. The Hall–Kier alpha value is -2.67. The van der Waals surface area contributed by atoms with E-state index in [1.54, 1.807) is 6.07 Å². The van der Waals surface area contributed by atoms with E-state index in [9.17, 15) is 5.26 Å². The van der Waals surface area contributed by atoms with Gasteiger partial charge in [-0.3, -0.25) is 0 Å². The largest absolute Gasteiger partial charge is 0.474 e. The van der Waals surface area contributed by atoms with E-state index in [0.29, 0.717) is 40.0 Å². The number of rotatable bonds is 4. The maximum atomic E-state index is 16.5. The number of nitrogen functional groups attached to an aromatic ring is 1. The van der Waals surface area contributed by atoms with Gasteiger partial charge in [0, 0.05) is 33.0 Å². The molecule has 2 aromatic heterocycles. The molecule has 2 saturated heterocycles. The molecule has 0 radical (unpaired) electrons. The predicted molar refractivity (Wildman–Crippen MR) is 137 cm³/mol. The lowest BCUT2D eigenvalue weighted by Gasteiger charge is -2.36. The van der Waals surface area contributed by atoms with Gasteiger partial charge in [-0.1, -0.05) is 18.5 Å². The zero-order chi connectivity index (χ0) is 25.2. The average molecular weight is 528 g/mol. The molecule has 6 rings (SSSR count). The normalized spacial score (nSPS) is 27.0. The average Bonchev–Trinajstić information content (AvgIpc) is 3.37. The lowest BCUT2D eigenvalue weighted by molar-refractivity contribution is 0.132. The standard InChI is InChI=1S/C26H27ClFN5O2S/c1-26(7-3-4-18-19(26)16(11-29)23(30)36-18)20-17(27)10-15-22(21(20)28)32-25(34-2)33-24(15)35-14-8-12-5-6-13(9-14)31-12/h10,12-14,31H,3-9,30H2,1-2H3/t12-,13+,14?,26?. The zero-order valence-electron chi connectivity index (χ0n) is 20.2. The van der Waals surface area contributed by atoms with Crippen molar-refractivity contribution in [1.29, 1.82) is 5.26 Å². The van der Waals surface area contributed by atoms with E-state index < -0.39 is 11.2 Å². The van der Waals surface area contributed by atoms with Gasteiger partial charge in [-0.2, -0.15) is 15.2 Å². The number of methoxy groups -OCH3 is 1. The van der Waals surface area contributed by atoms with Crippen LogP contribution in [0.25, 0.3) is 10.9 Å². The van der Waals surface area contributed by atoms with Crippen molar-refractivity contribution in [3.63, 3.8) is 0 Å². The van der Waals surface area contributed by atoms with Gasteiger partial charge in [0.05, 0.1) is 18.1 Å². The van der Waals surface area contributed by atoms with Crippen molar-refractivity contribution in [3.05, 3.63) is 38.5 Å². The van der Waals surface area contributed by atoms with Crippen LogP contribution in [0.5, 0.6) is 11.9 Å².